The molecule has 0 aliphatic rings. The first kappa shape index (κ1) is 78.0. The van der Waals surface area contributed by atoms with Crippen molar-refractivity contribution in [3.05, 3.63) is 0 Å². The summed E-state index contributed by atoms with van der Waals surface area (Å²) in [6.07, 6.45) is 77.8. The van der Waals surface area contributed by atoms with Gasteiger partial charge >= 0.3 is 19.8 Å². The van der Waals surface area contributed by atoms with Crippen molar-refractivity contribution in [2.45, 2.75) is 405 Å². The monoisotopic (exact) mass is 1140 g/mol. The number of unbranched alkanes of at least 4 members (excludes halogenated alkanes) is 56. The van der Waals surface area contributed by atoms with Crippen LogP contribution in [-0.2, 0) is 32.7 Å². The number of phosphoric ester groups is 1. The van der Waals surface area contributed by atoms with Crippen LogP contribution < -0.4 is 5.73 Å². The SMILES string of the molecule is CCCCCCCCCCCCCCCCCCCCCCCCCCCCCCCC(=O)OC[C@H](COP(=O)(O)OCCN)OC(=O)CCCCCCCCCCCCCCCCCCCCCCCCCCCCCCC. The van der Waals surface area contributed by atoms with E-state index in [0.717, 1.165) is 32.1 Å². The van der Waals surface area contributed by atoms with Gasteiger partial charge in [0.2, 0.25) is 0 Å². The van der Waals surface area contributed by atoms with Gasteiger partial charge in [0.1, 0.15) is 6.61 Å². The Bertz CT molecular complexity index is 1250. The van der Waals surface area contributed by atoms with Crippen LogP contribution in [0.15, 0.2) is 0 Å². The number of hydrogen-bond donors (Lipinski definition) is 2. The van der Waals surface area contributed by atoms with Gasteiger partial charge in [0, 0.05) is 19.4 Å². The van der Waals surface area contributed by atoms with E-state index in [1.807, 2.05) is 0 Å². The van der Waals surface area contributed by atoms with E-state index in [0.29, 0.717) is 12.8 Å². The van der Waals surface area contributed by atoms with Gasteiger partial charge in [-0.15, -0.1) is 0 Å². The predicted octanol–water partition coefficient (Wildman–Crippen LogP) is 23.0. The molecule has 0 aromatic heterocycles. The summed E-state index contributed by atoms with van der Waals surface area (Å²) in [5.41, 5.74) is 5.40. The topological polar surface area (TPSA) is 134 Å². The largest absolute Gasteiger partial charge is 0.472 e. The summed E-state index contributed by atoms with van der Waals surface area (Å²) in [4.78, 5) is 35.4. The molecule has 0 aliphatic carbocycles. The van der Waals surface area contributed by atoms with Gasteiger partial charge in [-0.25, -0.2) is 4.57 Å². The molecule has 1 unspecified atom stereocenters. The highest BCUT2D eigenvalue weighted by Gasteiger charge is 2.26. The molecule has 2 atom stereocenters. The molecule has 0 fully saturated rings. The van der Waals surface area contributed by atoms with E-state index in [2.05, 4.69) is 13.8 Å². The summed E-state index contributed by atoms with van der Waals surface area (Å²) in [6, 6.07) is 0. The second-order valence-corrected chi connectivity index (χ2v) is 25.9. The minimum atomic E-state index is -4.39. The predicted molar refractivity (Wildman–Crippen MR) is 340 cm³/mol. The minimum Gasteiger partial charge on any atom is -0.462 e. The maximum Gasteiger partial charge on any atom is 0.472 e. The van der Waals surface area contributed by atoms with Gasteiger partial charge in [0.15, 0.2) is 6.10 Å². The minimum absolute atomic E-state index is 0.0589. The Balaban J connectivity index is 3.79. The number of nitrogens with two attached hydrogens (primary N) is 1. The maximum absolute atomic E-state index is 12.8. The molecule has 0 radical (unpaired) electrons. The van der Waals surface area contributed by atoms with Crippen molar-refractivity contribution >= 4 is 19.8 Å². The van der Waals surface area contributed by atoms with Crippen LogP contribution in [0.5, 0.6) is 0 Å². The Morgan fingerprint density at radius 3 is 0.772 bits per heavy atom. The summed E-state index contributed by atoms with van der Waals surface area (Å²) in [7, 11) is -4.39. The van der Waals surface area contributed by atoms with Crippen molar-refractivity contribution in [1.82, 2.24) is 0 Å². The first-order valence-electron chi connectivity index (χ1n) is 35.5. The zero-order chi connectivity index (χ0) is 57.3. The van der Waals surface area contributed by atoms with Crippen LogP contribution in [0.2, 0.25) is 0 Å². The zero-order valence-corrected chi connectivity index (χ0v) is 54.1. The molecule has 0 bridgehead atoms. The molecule has 472 valence electrons. The Hall–Kier alpha value is -0.990. The Morgan fingerprint density at radius 1 is 0.329 bits per heavy atom. The lowest BCUT2D eigenvalue weighted by Crippen LogP contribution is -2.29. The van der Waals surface area contributed by atoms with Crippen molar-refractivity contribution in [1.29, 1.82) is 0 Å². The average molecular weight is 1140 g/mol. The second kappa shape index (κ2) is 66.2. The quantitative estimate of drug-likeness (QED) is 0.0347. The van der Waals surface area contributed by atoms with Crippen LogP contribution in [0.3, 0.4) is 0 Å². The van der Waals surface area contributed by atoms with Crippen LogP contribution >= 0.6 is 7.82 Å². The second-order valence-electron chi connectivity index (χ2n) is 24.5. The van der Waals surface area contributed by atoms with Crippen LogP contribution in [0.1, 0.15) is 399 Å². The molecule has 79 heavy (non-hydrogen) atoms. The van der Waals surface area contributed by atoms with E-state index in [4.69, 9.17) is 24.3 Å². The highest BCUT2D eigenvalue weighted by Crippen LogP contribution is 2.43. The molecule has 0 saturated carbocycles. The number of ether oxygens (including phenoxy) is 2. The van der Waals surface area contributed by atoms with Crippen LogP contribution in [0.25, 0.3) is 0 Å². The van der Waals surface area contributed by atoms with E-state index in [9.17, 15) is 19.0 Å². The number of phosphoric acid groups is 1. The van der Waals surface area contributed by atoms with Crippen molar-refractivity contribution in [2.24, 2.45) is 5.73 Å². The van der Waals surface area contributed by atoms with Crippen LogP contribution in [-0.4, -0.2) is 49.3 Å². The molecule has 0 aliphatic heterocycles. The number of carbonyl (C=O) groups is 2. The third-order valence-corrected chi connectivity index (χ3v) is 17.5. The van der Waals surface area contributed by atoms with Gasteiger partial charge in [-0.05, 0) is 12.8 Å². The standard InChI is InChI=1S/C69H138NO8P/c1-3-5-7-9-11-13-15-17-19-21-23-25-27-29-31-33-35-37-39-41-43-45-47-49-51-53-55-57-59-61-68(71)75-65-67(66-77-79(73,74)76-64-63-70)78-69(72)62-60-58-56-54-52-50-48-46-44-42-40-38-36-34-32-30-28-26-24-22-20-18-16-14-12-10-8-6-4-2/h67H,3-66,70H2,1-2H3,(H,73,74)/t67-/m1/s1. The Morgan fingerprint density at radius 2 is 0.544 bits per heavy atom. The van der Waals surface area contributed by atoms with Gasteiger partial charge in [-0.3, -0.25) is 18.6 Å². The molecule has 0 saturated heterocycles. The zero-order valence-electron chi connectivity index (χ0n) is 53.2. The smallest absolute Gasteiger partial charge is 0.462 e. The maximum atomic E-state index is 12.8. The lowest BCUT2D eigenvalue weighted by Gasteiger charge is -2.19. The summed E-state index contributed by atoms with van der Waals surface area (Å²) in [6.45, 7) is 3.85. The van der Waals surface area contributed by atoms with E-state index < -0.39 is 26.5 Å². The first-order chi connectivity index (χ1) is 38.8. The molecule has 0 amide bonds. The fourth-order valence-corrected chi connectivity index (χ4v) is 12.0. The number of esters is 2. The van der Waals surface area contributed by atoms with E-state index in [1.54, 1.807) is 0 Å². The van der Waals surface area contributed by atoms with E-state index in [-0.39, 0.29) is 32.1 Å². The van der Waals surface area contributed by atoms with Crippen LogP contribution in [0.4, 0.5) is 0 Å². The van der Waals surface area contributed by atoms with Crippen molar-refractivity contribution < 1.29 is 37.6 Å². The molecule has 0 aromatic carbocycles. The summed E-state index contributed by atoms with van der Waals surface area (Å²) in [5, 5.41) is 0. The fraction of sp³-hybridized carbons (Fsp3) is 0.971. The van der Waals surface area contributed by atoms with Gasteiger partial charge in [0.05, 0.1) is 13.2 Å². The normalized spacial score (nSPS) is 12.8. The van der Waals surface area contributed by atoms with Crippen molar-refractivity contribution in [2.75, 3.05) is 26.4 Å². The molecule has 0 aromatic rings. The highest BCUT2D eigenvalue weighted by atomic mass is 31.2. The molecule has 0 spiro atoms. The lowest BCUT2D eigenvalue weighted by molar-refractivity contribution is -0.161. The third-order valence-electron chi connectivity index (χ3n) is 16.5. The molecule has 3 N–H and O–H groups in total. The summed E-state index contributed by atoms with van der Waals surface area (Å²) >= 11 is 0. The van der Waals surface area contributed by atoms with Crippen molar-refractivity contribution in [3.8, 4) is 0 Å². The van der Waals surface area contributed by atoms with Gasteiger partial charge in [-0.2, -0.15) is 0 Å². The Kier molecular flexibility index (Phi) is 65.3. The van der Waals surface area contributed by atoms with Gasteiger partial charge in [-0.1, -0.05) is 373 Å². The van der Waals surface area contributed by atoms with Gasteiger partial charge < -0.3 is 20.1 Å². The van der Waals surface area contributed by atoms with Gasteiger partial charge in [0.25, 0.3) is 0 Å². The molecule has 0 rings (SSSR count). The third kappa shape index (κ3) is 66.0. The van der Waals surface area contributed by atoms with Crippen LogP contribution in [0, 0.1) is 0 Å². The molecular weight excluding hydrogens is 1000 g/mol. The lowest BCUT2D eigenvalue weighted by atomic mass is 10.0. The number of rotatable bonds is 69. The first-order valence-corrected chi connectivity index (χ1v) is 37.0. The average Bonchev–Trinajstić information content (AvgIpc) is 3.44. The highest BCUT2D eigenvalue weighted by molar-refractivity contribution is 7.47. The van der Waals surface area contributed by atoms with E-state index >= 15 is 0 Å². The summed E-state index contributed by atoms with van der Waals surface area (Å²) < 4.78 is 33.2. The molecule has 9 nitrogen and oxygen atoms in total. The van der Waals surface area contributed by atoms with E-state index in [1.165, 1.54) is 334 Å². The molecular formula is C69H138NO8P. The Labute approximate surface area is 492 Å². The fourth-order valence-electron chi connectivity index (χ4n) is 11.2. The molecule has 0 heterocycles. The molecule has 10 heteroatoms. The number of hydrogen-bond acceptors (Lipinski definition) is 8. The number of carbonyl (C=O) groups excluding carboxylic acids is 2. The van der Waals surface area contributed by atoms with Crippen molar-refractivity contribution in [3.63, 3.8) is 0 Å². The summed E-state index contributed by atoms with van der Waals surface area (Å²) in [5.74, 6) is -0.797.